The van der Waals surface area contributed by atoms with Crippen LogP contribution in [0.5, 0.6) is 0 Å². The van der Waals surface area contributed by atoms with Crippen molar-refractivity contribution in [1.29, 1.82) is 0 Å². The number of ether oxygens (including phenoxy) is 1. The van der Waals surface area contributed by atoms with E-state index in [1.807, 2.05) is 33.3 Å². The van der Waals surface area contributed by atoms with Crippen molar-refractivity contribution in [3.63, 3.8) is 0 Å². The monoisotopic (exact) mass is 1210 g/mol. The van der Waals surface area contributed by atoms with E-state index >= 15 is 0 Å². The van der Waals surface area contributed by atoms with Gasteiger partial charge in [0.25, 0.3) is 0 Å². The molecule has 0 aliphatic heterocycles. The van der Waals surface area contributed by atoms with Crippen molar-refractivity contribution in [3.8, 4) is 0 Å². The molecule has 0 bridgehead atoms. The number of nitrogens with one attached hydrogen (secondary N) is 1. The molecule has 0 fully saturated rings. The number of hydrogen-bond donors (Lipinski definition) is 2. The van der Waals surface area contributed by atoms with Crippen LogP contribution in [0.1, 0.15) is 329 Å². The largest absolute Gasteiger partial charge is 0.472 e. The summed E-state index contributed by atoms with van der Waals surface area (Å²) in [5, 5.41) is 3.07. The van der Waals surface area contributed by atoms with E-state index in [9.17, 15) is 19.0 Å². The van der Waals surface area contributed by atoms with Gasteiger partial charge in [0.05, 0.1) is 33.8 Å². The summed E-state index contributed by atoms with van der Waals surface area (Å²) in [4.78, 5) is 37.9. The van der Waals surface area contributed by atoms with Crippen LogP contribution in [0, 0.1) is 0 Å². The Hall–Kier alpha value is -2.81. The second kappa shape index (κ2) is 64.2. The van der Waals surface area contributed by atoms with Gasteiger partial charge in [0, 0.05) is 12.8 Å². The van der Waals surface area contributed by atoms with Gasteiger partial charge in [-0.05, 0) is 102 Å². The Bertz CT molecular complexity index is 1730. The summed E-state index contributed by atoms with van der Waals surface area (Å²) in [5.74, 6) is -0.510. The zero-order valence-electron chi connectivity index (χ0n) is 56.6. The Kier molecular flexibility index (Phi) is 62.1. The van der Waals surface area contributed by atoms with E-state index in [0.29, 0.717) is 17.4 Å². The molecule has 0 aromatic rings. The number of likely N-dealkylation sites (N-methyl/N-ethyl adjacent to an activating group) is 1. The van der Waals surface area contributed by atoms with Gasteiger partial charge in [0.2, 0.25) is 5.91 Å². The fraction of sp³-hybridized carbons (Fsp3) is 0.787. The number of unbranched alkanes of at least 4 members (excludes halogenated alkanes) is 37. The van der Waals surface area contributed by atoms with Crippen molar-refractivity contribution in [2.45, 2.75) is 341 Å². The van der Waals surface area contributed by atoms with Crippen molar-refractivity contribution in [1.82, 2.24) is 5.32 Å². The molecule has 0 aliphatic carbocycles. The summed E-state index contributed by atoms with van der Waals surface area (Å²) in [6.45, 7) is 6.92. The predicted octanol–water partition coefficient (Wildman–Crippen LogP) is 22.9. The van der Waals surface area contributed by atoms with Crippen LogP contribution in [0.2, 0.25) is 0 Å². The second-order valence-electron chi connectivity index (χ2n) is 25.4. The van der Waals surface area contributed by atoms with Gasteiger partial charge in [-0.25, -0.2) is 4.57 Å². The zero-order chi connectivity index (χ0) is 62.1. The topological polar surface area (TPSA) is 111 Å². The van der Waals surface area contributed by atoms with Crippen LogP contribution in [0.15, 0.2) is 85.1 Å². The Balaban J connectivity index is 5.13. The quantitative estimate of drug-likeness (QED) is 0.0205. The summed E-state index contributed by atoms with van der Waals surface area (Å²) in [6, 6.07) is -0.858. The third-order valence-corrected chi connectivity index (χ3v) is 16.8. The highest BCUT2D eigenvalue weighted by molar-refractivity contribution is 7.47. The van der Waals surface area contributed by atoms with Crippen LogP contribution < -0.4 is 5.32 Å². The lowest BCUT2D eigenvalue weighted by Crippen LogP contribution is -2.47. The van der Waals surface area contributed by atoms with Gasteiger partial charge in [-0.15, -0.1) is 0 Å². The molecule has 0 saturated carbocycles. The summed E-state index contributed by atoms with van der Waals surface area (Å²) in [7, 11) is 1.49. The highest BCUT2D eigenvalue weighted by Gasteiger charge is 2.30. The smallest absolute Gasteiger partial charge is 0.456 e. The minimum absolute atomic E-state index is 0.0362. The maximum absolute atomic E-state index is 13.6. The molecule has 0 aromatic carbocycles. The Morgan fingerprint density at radius 3 is 1.14 bits per heavy atom. The van der Waals surface area contributed by atoms with E-state index in [1.165, 1.54) is 193 Å². The van der Waals surface area contributed by atoms with E-state index in [2.05, 4.69) is 99.0 Å². The molecular weight excluding hydrogens is 1070 g/mol. The Labute approximate surface area is 526 Å². The number of esters is 1. The first-order valence-electron chi connectivity index (χ1n) is 35.9. The number of phosphoric acid groups is 1. The molecule has 2 N–H and O–H groups in total. The van der Waals surface area contributed by atoms with E-state index in [0.717, 1.165) is 103 Å². The number of quaternary nitrogens is 1. The van der Waals surface area contributed by atoms with Crippen LogP contribution in [0.4, 0.5) is 0 Å². The van der Waals surface area contributed by atoms with E-state index < -0.39 is 20.0 Å². The molecule has 10 heteroatoms. The molecule has 0 spiro atoms. The lowest BCUT2D eigenvalue weighted by molar-refractivity contribution is -0.870. The summed E-state index contributed by atoms with van der Waals surface area (Å²) >= 11 is 0. The van der Waals surface area contributed by atoms with E-state index in [-0.39, 0.29) is 31.5 Å². The van der Waals surface area contributed by atoms with E-state index in [1.54, 1.807) is 0 Å². The lowest BCUT2D eigenvalue weighted by Gasteiger charge is -2.27. The van der Waals surface area contributed by atoms with Crippen LogP contribution in [-0.2, 0) is 27.9 Å². The molecule has 0 radical (unpaired) electrons. The van der Waals surface area contributed by atoms with Gasteiger partial charge < -0.3 is 19.4 Å². The number of nitrogens with zero attached hydrogens (tertiary/aromatic N) is 1. The zero-order valence-corrected chi connectivity index (χ0v) is 57.5. The molecule has 0 heterocycles. The van der Waals surface area contributed by atoms with Crippen LogP contribution in [0.25, 0.3) is 0 Å². The van der Waals surface area contributed by atoms with Crippen LogP contribution in [-0.4, -0.2) is 74.3 Å². The van der Waals surface area contributed by atoms with Gasteiger partial charge in [0.1, 0.15) is 19.3 Å². The predicted molar refractivity (Wildman–Crippen MR) is 369 cm³/mol. The number of carbonyl (C=O) groups excluding carboxylic acids is 2. The maximum Gasteiger partial charge on any atom is 0.472 e. The molecule has 3 unspecified atom stereocenters. The second-order valence-corrected chi connectivity index (χ2v) is 26.8. The molecule has 494 valence electrons. The third kappa shape index (κ3) is 65.5. The molecule has 3 atom stereocenters. The van der Waals surface area contributed by atoms with Crippen molar-refractivity contribution in [2.24, 2.45) is 0 Å². The summed E-state index contributed by atoms with van der Waals surface area (Å²) < 4.78 is 30.9. The number of rotatable bonds is 65. The lowest BCUT2D eigenvalue weighted by atomic mass is 10.0. The number of allylic oxidation sites excluding steroid dienone is 13. The Morgan fingerprint density at radius 2 is 0.753 bits per heavy atom. The minimum Gasteiger partial charge on any atom is -0.456 e. The molecule has 0 rings (SSSR count). The number of amides is 1. The maximum atomic E-state index is 13.6. The molecule has 9 nitrogen and oxygen atoms in total. The first-order valence-corrected chi connectivity index (χ1v) is 37.4. The summed E-state index contributed by atoms with van der Waals surface area (Å²) in [5.41, 5.74) is 0. The highest BCUT2D eigenvalue weighted by atomic mass is 31.2. The Morgan fingerprint density at radius 1 is 0.424 bits per heavy atom. The van der Waals surface area contributed by atoms with Gasteiger partial charge in [-0.2, -0.15) is 0 Å². The molecule has 0 aliphatic rings. The third-order valence-electron chi connectivity index (χ3n) is 15.8. The normalized spacial score (nSPS) is 14.0. The number of phosphoric ester groups is 1. The highest BCUT2D eigenvalue weighted by Crippen LogP contribution is 2.43. The number of hydrogen-bond acceptors (Lipinski definition) is 6. The fourth-order valence-electron chi connectivity index (χ4n) is 10.3. The van der Waals surface area contributed by atoms with Crippen molar-refractivity contribution >= 4 is 19.7 Å². The van der Waals surface area contributed by atoms with Gasteiger partial charge in [0.15, 0.2) is 0 Å². The molecular formula is C75H138N2O7P+. The standard InChI is InChI=1S/C75H137N2O7P/c1-7-10-13-16-19-22-25-28-30-32-34-36-38-40-42-44-46-49-52-55-58-61-64-67-74(78)76-72(71-83-85(80,81)82-70-69-77(4,5)6)73(66-63-60-57-54-51-48-27-24-21-18-15-12-9-3)84-75(79)68-65-62-59-56-53-50-47-45-43-41-39-37-35-33-31-29-26-23-20-17-14-11-8-2/h11,14,20,23,28-31,35,37,41,43,63,66,72-73H,7-10,12-13,15-19,21-22,24-27,32-34,36,38-40,42,44-62,64-65,67-71H2,1-6H3,(H-,76,78,80,81)/p+1/b14-11-,23-20-,30-28+,31-29-,37-35-,43-41-,66-63+. The average Bonchev–Trinajstić information content (AvgIpc) is 3.52. The molecule has 0 saturated heterocycles. The van der Waals surface area contributed by atoms with Gasteiger partial charge in [-0.3, -0.25) is 18.6 Å². The first-order chi connectivity index (χ1) is 41.4. The molecule has 85 heavy (non-hydrogen) atoms. The fourth-order valence-corrected chi connectivity index (χ4v) is 11.1. The molecule has 1 amide bonds. The minimum atomic E-state index is -4.46. The van der Waals surface area contributed by atoms with Crippen LogP contribution >= 0.6 is 7.82 Å². The summed E-state index contributed by atoms with van der Waals surface area (Å²) in [6.07, 6.45) is 85.9. The van der Waals surface area contributed by atoms with Crippen molar-refractivity contribution in [2.75, 3.05) is 40.9 Å². The van der Waals surface area contributed by atoms with Crippen molar-refractivity contribution in [3.05, 3.63) is 85.1 Å². The van der Waals surface area contributed by atoms with E-state index in [4.69, 9.17) is 13.8 Å². The van der Waals surface area contributed by atoms with Crippen molar-refractivity contribution < 1.29 is 37.3 Å². The SMILES string of the molecule is CC/C=C\C/C=C\C/C=C\C/C=C\C/C=C\CCCCCCCCCC(=O)OC(/C=C/CCCCCCCCCCCCC)C(COP(=O)(O)OCC[N+](C)(C)C)NC(=O)CCCCCCCCCCCCCCC/C=C/CCCCCCCC. The molecule has 0 aromatic heterocycles. The van der Waals surface area contributed by atoms with Crippen LogP contribution in [0.3, 0.4) is 0 Å². The van der Waals surface area contributed by atoms with Gasteiger partial charge in [-0.1, -0.05) is 299 Å². The first kappa shape index (κ1) is 82.2. The average molecular weight is 1210 g/mol. The number of carbonyl (C=O) groups is 2. The van der Waals surface area contributed by atoms with Gasteiger partial charge >= 0.3 is 13.8 Å².